The Morgan fingerprint density at radius 3 is 2.28 bits per heavy atom. The molecule has 3 heteroatoms. The van der Waals surface area contributed by atoms with Crippen molar-refractivity contribution < 1.29 is 14.3 Å². The van der Waals surface area contributed by atoms with E-state index >= 15 is 0 Å². The average Bonchev–Trinajstić information content (AvgIpc) is 2.37. The lowest BCUT2D eigenvalue weighted by Gasteiger charge is -2.14. The molecule has 0 aliphatic rings. The van der Waals surface area contributed by atoms with Crippen LogP contribution in [0.15, 0.2) is 36.4 Å². The number of benzene rings is 1. The number of allylic oxidation sites excluding steroid dienone is 1. The number of rotatable bonds is 5. The second-order valence-corrected chi connectivity index (χ2v) is 4.39. The summed E-state index contributed by atoms with van der Waals surface area (Å²) in [7, 11) is 1.30. The second kappa shape index (κ2) is 6.74. The van der Waals surface area contributed by atoms with Crippen molar-refractivity contribution in [2.75, 3.05) is 7.11 Å². The van der Waals surface area contributed by atoms with Crippen LogP contribution in [0, 0.1) is 11.8 Å². The highest BCUT2D eigenvalue weighted by atomic mass is 16.5. The van der Waals surface area contributed by atoms with Crippen LogP contribution >= 0.6 is 0 Å². The summed E-state index contributed by atoms with van der Waals surface area (Å²) < 4.78 is 4.65. The summed E-state index contributed by atoms with van der Waals surface area (Å²) in [6.07, 6.45) is 3.15. The van der Waals surface area contributed by atoms with E-state index in [0.717, 1.165) is 5.56 Å². The van der Waals surface area contributed by atoms with Crippen LogP contribution in [0.4, 0.5) is 0 Å². The number of carbonyl (C=O) groups excluding carboxylic acids is 2. The Balaban J connectivity index is 2.80. The molecule has 0 amide bonds. The molecule has 0 saturated carbocycles. The first kappa shape index (κ1) is 14.2. The maximum atomic E-state index is 12.0. The minimum Gasteiger partial charge on any atom is -0.468 e. The molecule has 1 atom stereocenters. The van der Waals surface area contributed by atoms with Crippen LogP contribution in [0.3, 0.4) is 0 Å². The smallest absolute Gasteiger partial charge is 0.316 e. The van der Waals surface area contributed by atoms with Gasteiger partial charge in [-0.1, -0.05) is 50.3 Å². The Hall–Kier alpha value is -1.90. The Morgan fingerprint density at radius 1 is 1.17 bits per heavy atom. The molecular weight excluding hydrogens is 228 g/mol. The maximum absolute atomic E-state index is 12.0. The van der Waals surface area contributed by atoms with Crippen LogP contribution in [-0.2, 0) is 14.3 Å². The molecule has 0 saturated heterocycles. The van der Waals surface area contributed by atoms with Gasteiger partial charge in [0.1, 0.15) is 5.92 Å². The standard InChI is InChI=1S/C15H18O3/c1-11(2)14(15(17)18-3)13(16)10-9-12-7-5-4-6-8-12/h4-11,14H,1-3H3/b10-9+. The van der Waals surface area contributed by atoms with Crippen molar-refractivity contribution in [2.24, 2.45) is 11.8 Å². The van der Waals surface area contributed by atoms with E-state index in [1.807, 2.05) is 44.2 Å². The quantitative estimate of drug-likeness (QED) is 0.456. The van der Waals surface area contributed by atoms with E-state index in [2.05, 4.69) is 4.74 Å². The van der Waals surface area contributed by atoms with Gasteiger partial charge in [-0.2, -0.15) is 0 Å². The SMILES string of the molecule is COC(=O)C(C(=O)/C=C/c1ccccc1)C(C)C. The summed E-state index contributed by atoms with van der Waals surface area (Å²) >= 11 is 0. The third-order valence-electron chi connectivity index (χ3n) is 2.67. The van der Waals surface area contributed by atoms with Crippen LogP contribution in [0.25, 0.3) is 6.08 Å². The molecule has 0 aliphatic heterocycles. The molecule has 0 radical (unpaired) electrons. The van der Waals surface area contributed by atoms with Crippen molar-refractivity contribution in [3.8, 4) is 0 Å². The molecule has 0 aliphatic carbocycles. The van der Waals surface area contributed by atoms with E-state index in [9.17, 15) is 9.59 Å². The van der Waals surface area contributed by atoms with Gasteiger partial charge < -0.3 is 4.74 Å². The van der Waals surface area contributed by atoms with Crippen molar-refractivity contribution in [3.05, 3.63) is 42.0 Å². The van der Waals surface area contributed by atoms with Gasteiger partial charge in [-0.3, -0.25) is 9.59 Å². The van der Waals surface area contributed by atoms with Gasteiger partial charge in [-0.25, -0.2) is 0 Å². The zero-order valence-corrected chi connectivity index (χ0v) is 10.9. The Morgan fingerprint density at radius 2 is 1.78 bits per heavy atom. The Bertz CT molecular complexity index is 432. The summed E-state index contributed by atoms with van der Waals surface area (Å²) in [5.74, 6) is -1.51. The molecular formula is C15H18O3. The maximum Gasteiger partial charge on any atom is 0.316 e. The Kier molecular flexibility index (Phi) is 5.31. The number of hydrogen-bond donors (Lipinski definition) is 0. The van der Waals surface area contributed by atoms with Crippen molar-refractivity contribution in [3.63, 3.8) is 0 Å². The molecule has 0 bridgehead atoms. The van der Waals surface area contributed by atoms with Gasteiger partial charge >= 0.3 is 5.97 Å². The first-order valence-corrected chi connectivity index (χ1v) is 5.91. The van der Waals surface area contributed by atoms with Gasteiger partial charge in [0.15, 0.2) is 5.78 Å². The molecule has 0 fully saturated rings. The number of carbonyl (C=O) groups is 2. The van der Waals surface area contributed by atoms with E-state index in [0.29, 0.717) is 0 Å². The van der Waals surface area contributed by atoms with Crippen LogP contribution in [-0.4, -0.2) is 18.9 Å². The van der Waals surface area contributed by atoms with E-state index in [1.165, 1.54) is 13.2 Å². The van der Waals surface area contributed by atoms with Crippen LogP contribution in [0.2, 0.25) is 0 Å². The summed E-state index contributed by atoms with van der Waals surface area (Å²) in [6, 6.07) is 9.48. The molecule has 0 N–H and O–H groups in total. The van der Waals surface area contributed by atoms with E-state index in [-0.39, 0.29) is 11.7 Å². The predicted octanol–water partition coefficient (Wildman–Crippen LogP) is 2.71. The molecule has 1 unspecified atom stereocenters. The van der Waals surface area contributed by atoms with Gasteiger partial charge in [0.25, 0.3) is 0 Å². The third kappa shape index (κ3) is 3.84. The molecule has 18 heavy (non-hydrogen) atoms. The van der Waals surface area contributed by atoms with Gasteiger partial charge in [-0.05, 0) is 17.6 Å². The number of methoxy groups -OCH3 is 1. The monoisotopic (exact) mass is 246 g/mol. The van der Waals surface area contributed by atoms with Crippen LogP contribution < -0.4 is 0 Å². The van der Waals surface area contributed by atoms with Gasteiger partial charge in [0.2, 0.25) is 0 Å². The molecule has 0 spiro atoms. The number of ketones is 1. The highest BCUT2D eigenvalue weighted by Gasteiger charge is 2.28. The van der Waals surface area contributed by atoms with E-state index < -0.39 is 11.9 Å². The predicted molar refractivity (Wildman–Crippen MR) is 70.8 cm³/mol. The summed E-state index contributed by atoms with van der Waals surface area (Å²) in [6.45, 7) is 3.66. The lowest BCUT2D eigenvalue weighted by molar-refractivity contribution is -0.150. The van der Waals surface area contributed by atoms with E-state index in [4.69, 9.17) is 0 Å². The molecule has 0 aromatic heterocycles. The molecule has 3 nitrogen and oxygen atoms in total. The zero-order valence-electron chi connectivity index (χ0n) is 10.9. The zero-order chi connectivity index (χ0) is 13.5. The number of esters is 1. The normalized spacial score (nSPS) is 12.7. The summed E-state index contributed by atoms with van der Waals surface area (Å²) in [5.41, 5.74) is 0.929. The van der Waals surface area contributed by atoms with Crippen LogP contribution in [0.5, 0.6) is 0 Å². The van der Waals surface area contributed by atoms with Crippen LogP contribution in [0.1, 0.15) is 19.4 Å². The summed E-state index contributed by atoms with van der Waals surface area (Å²) in [5, 5.41) is 0. The van der Waals surface area contributed by atoms with Gasteiger partial charge in [-0.15, -0.1) is 0 Å². The number of hydrogen-bond acceptors (Lipinski definition) is 3. The van der Waals surface area contributed by atoms with Gasteiger partial charge in [0, 0.05) is 0 Å². The number of ether oxygens (including phenoxy) is 1. The van der Waals surface area contributed by atoms with Gasteiger partial charge in [0.05, 0.1) is 7.11 Å². The fourth-order valence-corrected chi connectivity index (χ4v) is 1.69. The lowest BCUT2D eigenvalue weighted by Crippen LogP contribution is -2.28. The van der Waals surface area contributed by atoms with Crippen molar-refractivity contribution in [1.82, 2.24) is 0 Å². The molecule has 1 aromatic carbocycles. The van der Waals surface area contributed by atoms with E-state index in [1.54, 1.807) is 6.08 Å². The fourth-order valence-electron chi connectivity index (χ4n) is 1.69. The summed E-state index contributed by atoms with van der Waals surface area (Å²) in [4.78, 5) is 23.5. The highest BCUT2D eigenvalue weighted by molar-refractivity contribution is 6.06. The van der Waals surface area contributed by atoms with Crippen molar-refractivity contribution in [1.29, 1.82) is 0 Å². The largest absolute Gasteiger partial charge is 0.468 e. The highest BCUT2D eigenvalue weighted by Crippen LogP contribution is 2.15. The second-order valence-electron chi connectivity index (χ2n) is 4.39. The minimum atomic E-state index is -0.727. The average molecular weight is 246 g/mol. The molecule has 1 rings (SSSR count). The topological polar surface area (TPSA) is 43.4 Å². The molecule has 0 heterocycles. The fraction of sp³-hybridized carbons (Fsp3) is 0.333. The Labute approximate surface area is 107 Å². The third-order valence-corrected chi connectivity index (χ3v) is 2.67. The first-order chi connectivity index (χ1) is 8.56. The lowest BCUT2D eigenvalue weighted by atomic mass is 9.91. The molecule has 96 valence electrons. The van der Waals surface area contributed by atoms with Crippen molar-refractivity contribution >= 4 is 17.8 Å². The molecule has 1 aromatic rings. The first-order valence-electron chi connectivity index (χ1n) is 5.91. The van der Waals surface area contributed by atoms with Crippen molar-refractivity contribution in [2.45, 2.75) is 13.8 Å². The minimum absolute atomic E-state index is 0.0784.